The van der Waals surface area contributed by atoms with Gasteiger partial charge in [0.15, 0.2) is 5.78 Å². The Balaban J connectivity index is 1.70. The monoisotopic (exact) mass is 357 g/mol. The molecule has 0 saturated heterocycles. The molecule has 0 spiro atoms. The third-order valence-corrected chi connectivity index (χ3v) is 8.82. The largest absolute Gasteiger partial charge is 0.326 e. The van der Waals surface area contributed by atoms with E-state index in [0.29, 0.717) is 42.1 Å². The summed E-state index contributed by atoms with van der Waals surface area (Å²) in [6.07, 6.45) is 8.60. The van der Waals surface area contributed by atoms with Gasteiger partial charge < -0.3 is 5.32 Å². The molecule has 0 aromatic carbocycles. The summed E-state index contributed by atoms with van der Waals surface area (Å²) in [5.74, 6) is 2.56. The lowest BCUT2D eigenvalue weighted by atomic mass is 9.46. The number of hydrogen-bond acceptors (Lipinski definition) is 3. The normalized spacial score (nSPS) is 44.8. The summed E-state index contributed by atoms with van der Waals surface area (Å²) in [5, 5.41) is 2.73. The highest BCUT2D eigenvalue weighted by molar-refractivity contribution is 5.98. The lowest BCUT2D eigenvalue weighted by Gasteiger charge is -2.58. The van der Waals surface area contributed by atoms with Crippen LogP contribution < -0.4 is 5.32 Å². The van der Waals surface area contributed by atoms with Crippen LogP contribution in [0.5, 0.6) is 0 Å². The molecule has 6 atom stereocenters. The predicted molar refractivity (Wildman–Crippen MR) is 99.0 cm³/mol. The van der Waals surface area contributed by atoms with Crippen LogP contribution in [0.3, 0.4) is 0 Å². The molecule has 0 aliphatic heterocycles. The van der Waals surface area contributed by atoms with Crippen molar-refractivity contribution in [1.82, 2.24) is 5.32 Å². The second-order valence-electron chi connectivity index (χ2n) is 9.66. The Morgan fingerprint density at radius 2 is 1.85 bits per heavy atom. The molecule has 1 amide bonds. The summed E-state index contributed by atoms with van der Waals surface area (Å²) < 4.78 is 0. The average Bonchev–Trinajstić information content (AvgIpc) is 2.95. The number of nitrogens with one attached hydrogen (secondary N) is 1. The van der Waals surface area contributed by atoms with E-state index in [1.807, 2.05) is 0 Å². The summed E-state index contributed by atoms with van der Waals surface area (Å²) in [7, 11) is 0. The first-order valence-corrected chi connectivity index (χ1v) is 10.3. The molecule has 26 heavy (non-hydrogen) atoms. The maximum Gasteiger partial charge on any atom is 0.211 e. The molecule has 4 rings (SSSR count). The fourth-order valence-corrected chi connectivity index (χ4v) is 7.61. The van der Waals surface area contributed by atoms with Crippen LogP contribution in [0.4, 0.5) is 0 Å². The molecule has 4 nitrogen and oxygen atoms in total. The lowest BCUT2D eigenvalue weighted by Crippen LogP contribution is -2.52. The van der Waals surface area contributed by atoms with E-state index in [1.165, 1.54) is 12.0 Å². The van der Waals surface area contributed by atoms with Gasteiger partial charge in [0.25, 0.3) is 0 Å². The minimum atomic E-state index is 0.0256. The van der Waals surface area contributed by atoms with Crippen molar-refractivity contribution >= 4 is 18.0 Å². The zero-order chi connectivity index (χ0) is 18.7. The van der Waals surface area contributed by atoms with E-state index >= 15 is 0 Å². The first-order valence-electron chi connectivity index (χ1n) is 10.3. The molecule has 142 valence electrons. The number of carbonyl (C=O) groups excluding carboxylic acids is 3. The van der Waals surface area contributed by atoms with Crippen molar-refractivity contribution < 1.29 is 14.4 Å². The second-order valence-corrected chi connectivity index (χ2v) is 9.66. The summed E-state index contributed by atoms with van der Waals surface area (Å²) in [4.78, 5) is 35.6. The van der Waals surface area contributed by atoms with Crippen LogP contribution in [0, 0.1) is 34.5 Å². The Bertz CT molecular complexity index is 696. The molecule has 4 aliphatic rings. The molecule has 0 aromatic rings. The smallest absolute Gasteiger partial charge is 0.211 e. The number of ketones is 2. The highest BCUT2D eigenvalue weighted by atomic mass is 16.1. The van der Waals surface area contributed by atoms with E-state index in [1.54, 1.807) is 6.92 Å². The summed E-state index contributed by atoms with van der Waals surface area (Å²) >= 11 is 0. The van der Waals surface area contributed by atoms with E-state index in [4.69, 9.17) is 0 Å². The van der Waals surface area contributed by atoms with Crippen molar-refractivity contribution in [3.05, 3.63) is 11.3 Å². The summed E-state index contributed by atoms with van der Waals surface area (Å²) in [5.41, 5.74) is 1.98. The molecule has 3 fully saturated rings. The maximum atomic E-state index is 12.4. The molecule has 0 heterocycles. The molecule has 4 aliphatic carbocycles. The Morgan fingerprint density at radius 1 is 1.08 bits per heavy atom. The minimum absolute atomic E-state index is 0.0256. The zero-order valence-electron chi connectivity index (χ0n) is 16.3. The third kappa shape index (κ3) is 2.30. The summed E-state index contributed by atoms with van der Waals surface area (Å²) in [6.45, 7) is 6.47. The number of fused-ring (bicyclic) bond motifs is 5. The van der Waals surface area contributed by atoms with Crippen LogP contribution in [0.1, 0.15) is 72.1 Å². The first kappa shape index (κ1) is 17.9. The lowest BCUT2D eigenvalue weighted by molar-refractivity contribution is -0.128. The molecule has 0 aromatic heterocycles. The maximum absolute atomic E-state index is 12.4. The Morgan fingerprint density at radius 3 is 2.54 bits per heavy atom. The van der Waals surface area contributed by atoms with Gasteiger partial charge in [0.05, 0.1) is 5.70 Å². The SMILES string of the molecule is CC(=O)[C@H]1CC[C@H]2[C@@H]3CCC4=C(NC=O)C(=O)CC[C@]4(C)[C@H]3CC[C@]12C. The average molecular weight is 357 g/mol. The molecular formula is C22H31NO3. The van der Waals surface area contributed by atoms with Crippen LogP contribution in [0.2, 0.25) is 0 Å². The van der Waals surface area contributed by atoms with E-state index in [0.717, 1.165) is 38.5 Å². The fourth-order valence-electron chi connectivity index (χ4n) is 7.61. The van der Waals surface area contributed by atoms with Crippen molar-refractivity contribution in [2.24, 2.45) is 34.5 Å². The van der Waals surface area contributed by atoms with Crippen LogP contribution >= 0.6 is 0 Å². The Hall–Kier alpha value is -1.45. The van der Waals surface area contributed by atoms with Gasteiger partial charge in [-0.25, -0.2) is 0 Å². The zero-order valence-corrected chi connectivity index (χ0v) is 16.3. The van der Waals surface area contributed by atoms with E-state index in [2.05, 4.69) is 19.2 Å². The van der Waals surface area contributed by atoms with Gasteiger partial charge in [0.2, 0.25) is 6.41 Å². The topological polar surface area (TPSA) is 63.2 Å². The quantitative estimate of drug-likeness (QED) is 0.782. The van der Waals surface area contributed by atoms with Crippen molar-refractivity contribution in [3.8, 4) is 0 Å². The number of allylic oxidation sites excluding steroid dienone is 1. The number of rotatable bonds is 3. The summed E-state index contributed by atoms with van der Waals surface area (Å²) in [6, 6.07) is 0. The van der Waals surface area contributed by atoms with Crippen LogP contribution in [-0.4, -0.2) is 18.0 Å². The van der Waals surface area contributed by atoms with E-state index < -0.39 is 0 Å². The van der Waals surface area contributed by atoms with Gasteiger partial charge in [-0.2, -0.15) is 0 Å². The number of amides is 1. The molecule has 3 saturated carbocycles. The van der Waals surface area contributed by atoms with Crippen LogP contribution in [-0.2, 0) is 14.4 Å². The first-order chi connectivity index (χ1) is 12.3. The van der Waals surface area contributed by atoms with Gasteiger partial charge in [-0.1, -0.05) is 13.8 Å². The molecule has 0 bridgehead atoms. The van der Waals surface area contributed by atoms with Crippen molar-refractivity contribution in [2.45, 2.75) is 72.1 Å². The Labute approximate surface area is 156 Å². The van der Waals surface area contributed by atoms with Crippen molar-refractivity contribution in [3.63, 3.8) is 0 Å². The number of hydrogen-bond donors (Lipinski definition) is 1. The second kappa shape index (κ2) is 6.03. The molecule has 4 heteroatoms. The van der Waals surface area contributed by atoms with Crippen molar-refractivity contribution in [2.75, 3.05) is 0 Å². The van der Waals surface area contributed by atoms with E-state index in [9.17, 15) is 14.4 Å². The highest BCUT2D eigenvalue weighted by Gasteiger charge is 2.60. The van der Waals surface area contributed by atoms with Gasteiger partial charge in [-0.3, -0.25) is 14.4 Å². The Kier molecular flexibility index (Phi) is 4.16. The van der Waals surface area contributed by atoms with Crippen LogP contribution in [0.15, 0.2) is 11.3 Å². The standard InChI is InChI=1S/C22H31NO3/c1-13(25)15-6-7-16-14-4-5-18-20(23-12-24)19(26)9-11-22(18,3)17(14)8-10-21(15,16)2/h12,14-17H,4-11H2,1-3H3,(H,23,24)/t14-,15+,16-,17-,21+,22+/m0/s1. The minimum Gasteiger partial charge on any atom is -0.326 e. The van der Waals surface area contributed by atoms with Crippen molar-refractivity contribution in [1.29, 1.82) is 0 Å². The van der Waals surface area contributed by atoms with Gasteiger partial charge in [-0.05, 0) is 86.0 Å². The van der Waals surface area contributed by atoms with Gasteiger partial charge >= 0.3 is 0 Å². The molecule has 0 unspecified atom stereocenters. The molecular weight excluding hydrogens is 326 g/mol. The van der Waals surface area contributed by atoms with E-state index in [-0.39, 0.29) is 22.5 Å². The molecule has 1 N–H and O–H groups in total. The predicted octanol–water partition coefficient (Wildman–Crippen LogP) is 3.80. The molecule has 0 radical (unpaired) electrons. The highest BCUT2D eigenvalue weighted by Crippen LogP contribution is 2.66. The van der Waals surface area contributed by atoms with Gasteiger partial charge in [0.1, 0.15) is 5.78 Å². The van der Waals surface area contributed by atoms with Gasteiger partial charge in [-0.15, -0.1) is 0 Å². The third-order valence-electron chi connectivity index (χ3n) is 8.82. The van der Waals surface area contributed by atoms with Crippen LogP contribution in [0.25, 0.3) is 0 Å². The van der Waals surface area contributed by atoms with Gasteiger partial charge in [0, 0.05) is 12.3 Å². The fraction of sp³-hybridized carbons (Fsp3) is 0.773. The number of Topliss-reactive ketones (excluding diaryl/α,β-unsaturated/α-hetero) is 2. The number of carbonyl (C=O) groups is 3.